The van der Waals surface area contributed by atoms with Crippen LogP contribution in [0.1, 0.15) is 52.0 Å². The molecule has 27 heavy (non-hydrogen) atoms. The number of carbonyl (C=O) groups is 2. The van der Waals surface area contributed by atoms with Crippen LogP contribution in [0, 0.1) is 5.92 Å². The fraction of sp³-hybridized carbons (Fsp3) is 0.545. The smallest absolute Gasteiger partial charge is 0.407 e. The van der Waals surface area contributed by atoms with Gasteiger partial charge in [0.05, 0.1) is 13.2 Å². The number of rotatable bonds is 8. The van der Waals surface area contributed by atoms with Gasteiger partial charge in [0, 0.05) is 13.0 Å². The summed E-state index contributed by atoms with van der Waals surface area (Å²) in [5.41, 5.74) is 1.53. The van der Waals surface area contributed by atoms with Crippen molar-refractivity contribution in [2.24, 2.45) is 5.92 Å². The van der Waals surface area contributed by atoms with Crippen LogP contribution in [0.2, 0.25) is 0 Å². The highest BCUT2D eigenvalue weighted by Gasteiger charge is 2.22. The van der Waals surface area contributed by atoms with Crippen molar-refractivity contribution in [2.45, 2.75) is 58.7 Å². The van der Waals surface area contributed by atoms with Crippen molar-refractivity contribution in [1.82, 2.24) is 5.32 Å². The van der Waals surface area contributed by atoms with E-state index in [4.69, 9.17) is 9.47 Å². The van der Waals surface area contributed by atoms with Crippen molar-refractivity contribution in [3.63, 3.8) is 0 Å². The maximum absolute atomic E-state index is 12.3. The average molecular weight is 373 g/mol. The summed E-state index contributed by atoms with van der Waals surface area (Å²) in [4.78, 5) is 23.9. The zero-order chi connectivity index (χ0) is 19.7. The molecule has 1 aliphatic carbocycles. The molecule has 1 amide bonds. The summed E-state index contributed by atoms with van der Waals surface area (Å²) in [6, 6.07) is 10.0. The average Bonchev–Trinajstić information content (AvgIpc) is 2.59. The SMILES string of the molecule is CC(C)(C)OC(=O)NCCCC1=CCC(COCc2ccccc2)CC1=O. The third-order valence-electron chi connectivity index (χ3n) is 4.29. The predicted octanol–water partition coefficient (Wildman–Crippen LogP) is 4.41. The first-order chi connectivity index (χ1) is 12.8. The lowest BCUT2D eigenvalue weighted by Gasteiger charge is -2.21. The van der Waals surface area contributed by atoms with Gasteiger partial charge in [-0.25, -0.2) is 4.79 Å². The number of hydrogen-bond acceptors (Lipinski definition) is 4. The summed E-state index contributed by atoms with van der Waals surface area (Å²) >= 11 is 0. The Kier molecular flexibility index (Phi) is 8.04. The molecule has 0 aliphatic heterocycles. The Balaban J connectivity index is 1.63. The van der Waals surface area contributed by atoms with E-state index in [1.807, 2.05) is 57.2 Å². The third kappa shape index (κ3) is 8.39. The summed E-state index contributed by atoms with van der Waals surface area (Å²) in [5, 5.41) is 2.73. The van der Waals surface area contributed by atoms with E-state index in [0.717, 1.165) is 24.0 Å². The number of hydrogen-bond donors (Lipinski definition) is 1. The highest BCUT2D eigenvalue weighted by molar-refractivity contribution is 5.96. The second kappa shape index (κ2) is 10.3. The second-order valence-electron chi connectivity index (χ2n) is 7.99. The Morgan fingerprint density at radius 1 is 1.22 bits per heavy atom. The largest absolute Gasteiger partial charge is 0.444 e. The van der Waals surface area contributed by atoms with E-state index in [2.05, 4.69) is 5.32 Å². The topological polar surface area (TPSA) is 64.6 Å². The van der Waals surface area contributed by atoms with Crippen LogP contribution in [-0.2, 0) is 20.9 Å². The minimum Gasteiger partial charge on any atom is -0.444 e. The first kappa shape index (κ1) is 21.2. The van der Waals surface area contributed by atoms with Crippen LogP contribution >= 0.6 is 0 Å². The minimum absolute atomic E-state index is 0.201. The molecular formula is C22H31NO4. The summed E-state index contributed by atoms with van der Waals surface area (Å²) in [7, 11) is 0. The van der Waals surface area contributed by atoms with Gasteiger partial charge in [-0.2, -0.15) is 0 Å². The van der Waals surface area contributed by atoms with Gasteiger partial charge in [-0.05, 0) is 57.1 Å². The van der Waals surface area contributed by atoms with Crippen molar-refractivity contribution in [2.75, 3.05) is 13.2 Å². The maximum atomic E-state index is 12.3. The van der Waals surface area contributed by atoms with E-state index in [-0.39, 0.29) is 11.7 Å². The molecular weight excluding hydrogens is 342 g/mol. The van der Waals surface area contributed by atoms with Crippen LogP contribution in [0.15, 0.2) is 42.0 Å². The summed E-state index contributed by atoms with van der Waals surface area (Å²) < 4.78 is 11.0. The Labute approximate surface area is 162 Å². The van der Waals surface area contributed by atoms with Gasteiger partial charge in [-0.15, -0.1) is 0 Å². The Morgan fingerprint density at radius 2 is 1.96 bits per heavy atom. The molecule has 5 nitrogen and oxygen atoms in total. The van der Waals surface area contributed by atoms with Gasteiger partial charge in [0.15, 0.2) is 5.78 Å². The van der Waals surface area contributed by atoms with E-state index >= 15 is 0 Å². The van der Waals surface area contributed by atoms with Crippen LogP contribution in [-0.4, -0.2) is 30.6 Å². The van der Waals surface area contributed by atoms with E-state index in [1.54, 1.807) is 0 Å². The van der Waals surface area contributed by atoms with Gasteiger partial charge in [0.2, 0.25) is 0 Å². The maximum Gasteiger partial charge on any atom is 0.407 e. The zero-order valence-corrected chi connectivity index (χ0v) is 16.6. The van der Waals surface area contributed by atoms with Gasteiger partial charge in [0.25, 0.3) is 0 Å². The minimum atomic E-state index is -0.496. The molecule has 1 aliphatic rings. The molecule has 0 spiro atoms. The normalized spacial score (nSPS) is 17.4. The van der Waals surface area contributed by atoms with Crippen molar-refractivity contribution >= 4 is 11.9 Å². The molecule has 0 aromatic heterocycles. The second-order valence-corrected chi connectivity index (χ2v) is 7.99. The highest BCUT2D eigenvalue weighted by atomic mass is 16.6. The first-order valence-corrected chi connectivity index (χ1v) is 9.64. The molecule has 5 heteroatoms. The molecule has 1 N–H and O–H groups in total. The van der Waals surface area contributed by atoms with Crippen LogP contribution in [0.25, 0.3) is 0 Å². The number of amides is 1. The fourth-order valence-corrected chi connectivity index (χ4v) is 2.97. The summed E-state index contributed by atoms with van der Waals surface area (Å²) in [6.45, 7) is 7.18. The monoisotopic (exact) mass is 373 g/mol. The lowest BCUT2D eigenvalue weighted by Crippen LogP contribution is -2.33. The van der Waals surface area contributed by atoms with Crippen LogP contribution in [0.5, 0.6) is 0 Å². The van der Waals surface area contributed by atoms with Crippen LogP contribution in [0.3, 0.4) is 0 Å². The number of alkyl carbamates (subject to hydrolysis) is 1. The van der Waals surface area contributed by atoms with E-state index < -0.39 is 11.7 Å². The summed E-state index contributed by atoms with van der Waals surface area (Å²) in [5.74, 6) is 0.455. The third-order valence-corrected chi connectivity index (χ3v) is 4.29. The van der Waals surface area contributed by atoms with Crippen molar-refractivity contribution in [1.29, 1.82) is 0 Å². The van der Waals surface area contributed by atoms with Crippen molar-refractivity contribution in [3.8, 4) is 0 Å². The first-order valence-electron chi connectivity index (χ1n) is 9.64. The van der Waals surface area contributed by atoms with Gasteiger partial charge < -0.3 is 14.8 Å². The molecule has 2 rings (SSSR count). The fourth-order valence-electron chi connectivity index (χ4n) is 2.97. The lowest BCUT2D eigenvalue weighted by molar-refractivity contribution is -0.117. The highest BCUT2D eigenvalue weighted by Crippen LogP contribution is 2.24. The molecule has 1 atom stereocenters. The van der Waals surface area contributed by atoms with Gasteiger partial charge >= 0.3 is 6.09 Å². The zero-order valence-electron chi connectivity index (χ0n) is 16.6. The Bertz CT molecular complexity index is 646. The molecule has 1 aromatic rings. The molecule has 0 bridgehead atoms. The molecule has 1 unspecified atom stereocenters. The molecule has 0 saturated carbocycles. The number of Topliss-reactive ketones (excluding diaryl/α,β-unsaturated/α-hetero) is 1. The molecule has 0 fully saturated rings. The molecule has 0 saturated heterocycles. The molecule has 1 aromatic carbocycles. The predicted molar refractivity (Wildman–Crippen MR) is 105 cm³/mol. The van der Waals surface area contributed by atoms with Crippen LogP contribution in [0.4, 0.5) is 4.79 Å². The van der Waals surface area contributed by atoms with E-state index in [1.165, 1.54) is 0 Å². The number of ketones is 1. The standard InChI is InChI=1S/C22H31NO4/c1-22(2,3)27-21(25)23-13-7-10-19-12-11-18(14-20(19)24)16-26-15-17-8-5-4-6-9-17/h4-6,8-9,12,18H,7,10-11,13-16H2,1-3H3,(H,23,25). The number of carbonyl (C=O) groups excluding carboxylic acids is 2. The molecule has 0 radical (unpaired) electrons. The van der Waals surface area contributed by atoms with Crippen molar-refractivity contribution in [3.05, 3.63) is 47.5 Å². The van der Waals surface area contributed by atoms with Crippen molar-refractivity contribution < 1.29 is 19.1 Å². The van der Waals surface area contributed by atoms with Crippen LogP contribution < -0.4 is 5.32 Å². The Morgan fingerprint density at radius 3 is 2.63 bits per heavy atom. The molecule has 148 valence electrons. The number of benzene rings is 1. The molecule has 0 heterocycles. The Hall–Kier alpha value is -2.14. The van der Waals surface area contributed by atoms with E-state index in [0.29, 0.717) is 32.6 Å². The lowest BCUT2D eigenvalue weighted by atomic mass is 9.87. The van der Waals surface area contributed by atoms with Gasteiger partial charge in [-0.1, -0.05) is 36.4 Å². The van der Waals surface area contributed by atoms with Gasteiger partial charge in [0.1, 0.15) is 5.60 Å². The van der Waals surface area contributed by atoms with Gasteiger partial charge in [-0.3, -0.25) is 4.79 Å². The van der Waals surface area contributed by atoms with E-state index in [9.17, 15) is 9.59 Å². The number of ether oxygens (including phenoxy) is 2. The number of allylic oxidation sites excluding steroid dienone is 2. The summed E-state index contributed by atoms with van der Waals surface area (Å²) in [6.07, 6.45) is 4.45. The quantitative estimate of drug-likeness (QED) is 0.686. The number of nitrogens with one attached hydrogen (secondary N) is 1.